The molecule has 2 saturated carbocycles. The van der Waals surface area contributed by atoms with Crippen LogP contribution in [-0.2, 0) is 11.3 Å². The Morgan fingerprint density at radius 3 is 2.68 bits per heavy atom. The maximum Gasteiger partial charge on any atom is 0.230 e. The summed E-state index contributed by atoms with van der Waals surface area (Å²) in [5.74, 6) is 2.28. The third kappa shape index (κ3) is 4.25. The van der Waals surface area contributed by atoms with Crippen LogP contribution in [0.4, 0.5) is 0 Å². The van der Waals surface area contributed by atoms with Gasteiger partial charge in [0.25, 0.3) is 0 Å². The zero-order valence-corrected chi connectivity index (χ0v) is 16.9. The van der Waals surface area contributed by atoms with Crippen LogP contribution in [-0.4, -0.2) is 50.5 Å². The van der Waals surface area contributed by atoms with Crippen LogP contribution < -0.4 is 5.32 Å². The summed E-state index contributed by atoms with van der Waals surface area (Å²) in [4.78, 5) is 14.9. The van der Waals surface area contributed by atoms with E-state index in [0.717, 1.165) is 37.0 Å². The Labute approximate surface area is 170 Å². The molecule has 7 heteroatoms. The van der Waals surface area contributed by atoms with Gasteiger partial charge in [-0.25, -0.2) is 0 Å². The Morgan fingerprint density at radius 2 is 1.93 bits per heavy atom. The summed E-state index contributed by atoms with van der Waals surface area (Å²) in [7, 11) is 0. The molecule has 3 fully saturated rings. The van der Waals surface area contributed by atoms with Gasteiger partial charge in [0.1, 0.15) is 5.82 Å². The van der Waals surface area contributed by atoms with Crippen molar-refractivity contribution in [2.75, 3.05) is 18.8 Å². The van der Waals surface area contributed by atoms with Crippen molar-refractivity contribution in [3.05, 3.63) is 41.7 Å². The molecular formula is C21H27N5OS. The SMILES string of the molecule is O=C(CSc1nnc(C2CC2)n1C1CC1)NC1CCN(Cc2ccccc2)C1. The molecule has 2 aliphatic carbocycles. The number of carbonyl (C=O) groups is 1. The summed E-state index contributed by atoms with van der Waals surface area (Å²) in [5, 5.41) is 13.0. The first-order chi connectivity index (χ1) is 13.8. The van der Waals surface area contributed by atoms with Crippen molar-refractivity contribution in [3.8, 4) is 0 Å². The Hall–Kier alpha value is -1.86. The minimum atomic E-state index is 0.106. The highest BCUT2D eigenvalue weighted by Crippen LogP contribution is 2.45. The van der Waals surface area contributed by atoms with Crippen molar-refractivity contribution in [2.24, 2.45) is 0 Å². The highest BCUT2D eigenvalue weighted by atomic mass is 32.2. The fraction of sp³-hybridized carbons (Fsp3) is 0.571. The van der Waals surface area contributed by atoms with Crippen LogP contribution in [0, 0.1) is 0 Å². The molecule has 2 heterocycles. The lowest BCUT2D eigenvalue weighted by atomic mass is 10.2. The molecule has 1 amide bonds. The number of hydrogen-bond acceptors (Lipinski definition) is 5. The van der Waals surface area contributed by atoms with E-state index in [4.69, 9.17) is 0 Å². The van der Waals surface area contributed by atoms with Gasteiger partial charge in [-0.2, -0.15) is 0 Å². The number of benzene rings is 1. The average molecular weight is 398 g/mol. The maximum absolute atomic E-state index is 12.5. The topological polar surface area (TPSA) is 63.1 Å². The third-order valence-corrected chi connectivity index (χ3v) is 6.71. The van der Waals surface area contributed by atoms with Crippen molar-refractivity contribution in [1.29, 1.82) is 0 Å². The monoisotopic (exact) mass is 397 g/mol. The van der Waals surface area contributed by atoms with Crippen LogP contribution in [0.2, 0.25) is 0 Å². The van der Waals surface area contributed by atoms with Crippen LogP contribution in [0.15, 0.2) is 35.5 Å². The number of nitrogens with one attached hydrogen (secondary N) is 1. The number of likely N-dealkylation sites (tertiary alicyclic amines) is 1. The van der Waals surface area contributed by atoms with E-state index in [1.54, 1.807) is 0 Å². The standard InChI is InChI=1S/C21H27N5OS/c27-19(22-17-10-11-25(13-17)12-15-4-2-1-3-5-15)14-28-21-24-23-20(16-6-7-16)26(21)18-8-9-18/h1-5,16-18H,6-14H2,(H,22,27). The number of thioether (sulfide) groups is 1. The molecule has 1 unspecified atom stereocenters. The van der Waals surface area contributed by atoms with Gasteiger partial charge >= 0.3 is 0 Å². The minimum Gasteiger partial charge on any atom is -0.351 e. The predicted molar refractivity (Wildman–Crippen MR) is 109 cm³/mol. The number of carbonyl (C=O) groups excluding carboxylic acids is 1. The largest absolute Gasteiger partial charge is 0.351 e. The Kier molecular flexibility index (Phi) is 5.11. The predicted octanol–water partition coefficient (Wildman–Crippen LogP) is 2.97. The van der Waals surface area contributed by atoms with Crippen molar-refractivity contribution in [2.45, 2.75) is 61.8 Å². The normalized spacial score (nSPS) is 22.5. The van der Waals surface area contributed by atoms with Crippen molar-refractivity contribution in [3.63, 3.8) is 0 Å². The van der Waals surface area contributed by atoms with Gasteiger partial charge in [0.15, 0.2) is 5.16 Å². The second-order valence-electron chi connectivity index (χ2n) is 8.28. The second-order valence-corrected chi connectivity index (χ2v) is 9.22. The van der Waals surface area contributed by atoms with Crippen LogP contribution in [0.3, 0.4) is 0 Å². The lowest BCUT2D eigenvalue weighted by molar-refractivity contribution is -0.119. The summed E-state index contributed by atoms with van der Waals surface area (Å²) < 4.78 is 2.31. The molecule has 1 atom stereocenters. The number of aromatic nitrogens is 3. The van der Waals surface area contributed by atoms with E-state index in [1.807, 2.05) is 6.07 Å². The molecule has 1 saturated heterocycles. The van der Waals surface area contributed by atoms with Gasteiger partial charge in [-0.1, -0.05) is 42.1 Å². The van der Waals surface area contributed by atoms with Gasteiger partial charge in [0, 0.05) is 37.6 Å². The molecule has 0 bridgehead atoms. The smallest absolute Gasteiger partial charge is 0.230 e. The number of rotatable bonds is 8. The van der Waals surface area contributed by atoms with Crippen LogP contribution in [0.25, 0.3) is 0 Å². The van der Waals surface area contributed by atoms with Crippen molar-refractivity contribution in [1.82, 2.24) is 25.0 Å². The fourth-order valence-corrected chi connectivity index (χ4v) is 4.84. The lowest BCUT2D eigenvalue weighted by Gasteiger charge is -2.16. The van der Waals surface area contributed by atoms with E-state index in [1.165, 1.54) is 43.0 Å². The number of amides is 1. The minimum absolute atomic E-state index is 0.106. The lowest BCUT2D eigenvalue weighted by Crippen LogP contribution is -2.38. The molecule has 6 nitrogen and oxygen atoms in total. The third-order valence-electron chi connectivity index (χ3n) is 5.76. The van der Waals surface area contributed by atoms with Crippen LogP contribution in [0.5, 0.6) is 0 Å². The molecule has 0 spiro atoms. The molecule has 1 aliphatic heterocycles. The molecule has 5 rings (SSSR count). The second kappa shape index (κ2) is 7.87. The van der Waals surface area contributed by atoms with E-state index in [0.29, 0.717) is 17.7 Å². The van der Waals surface area contributed by atoms with Crippen molar-refractivity contribution >= 4 is 17.7 Å². The first kappa shape index (κ1) is 18.2. The highest BCUT2D eigenvalue weighted by molar-refractivity contribution is 7.99. The Bertz CT molecular complexity index is 831. The molecule has 0 radical (unpaired) electrons. The number of hydrogen-bond donors (Lipinski definition) is 1. The molecule has 1 aromatic heterocycles. The fourth-order valence-electron chi connectivity index (χ4n) is 4.02. The zero-order chi connectivity index (χ0) is 18.9. The molecular weight excluding hydrogens is 370 g/mol. The molecule has 1 aromatic carbocycles. The Morgan fingerprint density at radius 1 is 1.11 bits per heavy atom. The first-order valence-corrected chi connectivity index (χ1v) is 11.4. The summed E-state index contributed by atoms with van der Waals surface area (Å²) in [6.07, 6.45) is 5.93. The van der Waals surface area contributed by atoms with E-state index >= 15 is 0 Å². The molecule has 148 valence electrons. The number of nitrogens with zero attached hydrogens (tertiary/aromatic N) is 4. The molecule has 2 aromatic rings. The average Bonchev–Trinajstić information content (AvgIpc) is 3.64. The van der Waals surface area contributed by atoms with E-state index in [9.17, 15) is 4.79 Å². The molecule has 3 aliphatic rings. The molecule has 1 N–H and O–H groups in total. The van der Waals surface area contributed by atoms with Gasteiger partial charge in [-0.15, -0.1) is 10.2 Å². The van der Waals surface area contributed by atoms with Crippen molar-refractivity contribution < 1.29 is 4.79 Å². The maximum atomic E-state index is 12.5. The highest BCUT2D eigenvalue weighted by Gasteiger charge is 2.36. The summed E-state index contributed by atoms with van der Waals surface area (Å²) in [6.45, 7) is 2.92. The zero-order valence-electron chi connectivity index (χ0n) is 16.1. The van der Waals surface area contributed by atoms with Crippen LogP contribution in [0.1, 0.15) is 55.5 Å². The van der Waals surface area contributed by atoms with Gasteiger partial charge in [0.2, 0.25) is 5.91 Å². The first-order valence-electron chi connectivity index (χ1n) is 10.4. The van der Waals surface area contributed by atoms with Gasteiger partial charge in [0.05, 0.1) is 5.75 Å². The van der Waals surface area contributed by atoms with Gasteiger partial charge < -0.3 is 9.88 Å². The summed E-state index contributed by atoms with van der Waals surface area (Å²) >= 11 is 1.54. The summed E-state index contributed by atoms with van der Waals surface area (Å²) in [6, 6.07) is 11.3. The Balaban J connectivity index is 1.11. The van der Waals surface area contributed by atoms with E-state index in [-0.39, 0.29) is 11.9 Å². The van der Waals surface area contributed by atoms with Gasteiger partial charge in [-0.05, 0) is 37.7 Å². The quantitative estimate of drug-likeness (QED) is 0.694. The van der Waals surface area contributed by atoms with Gasteiger partial charge in [-0.3, -0.25) is 9.69 Å². The van der Waals surface area contributed by atoms with E-state index < -0.39 is 0 Å². The molecule has 28 heavy (non-hydrogen) atoms. The summed E-state index contributed by atoms with van der Waals surface area (Å²) in [5.41, 5.74) is 1.33. The van der Waals surface area contributed by atoms with E-state index in [2.05, 4.69) is 49.2 Å². The van der Waals surface area contributed by atoms with Crippen LogP contribution >= 0.6 is 11.8 Å².